The van der Waals surface area contributed by atoms with Crippen LogP contribution in [0.15, 0.2) is 47.6 Å². The van der Waals surface area contributed by atoms with E-state index in [-0.39, 0.29) is 17.1 Å². The summed E-state index contributed by atoms with van der Waals surface area (Å²) >= 11 is 0. The van der Waals surface area contributed by atoms with Gasteiger partial charge in [0.1, 0.15) is 0 Å². The van der Waals surface area contributed by atoms with Crippen molar-refractivity contribution in [2.75, 3.05) is 12.0 Å². The van der Waals surface area contributed by atoms with Gasteiger partial charge in [-0.15, -0.1) is 0 Å². The molecular weight excluding hydrogens is 334 g/mol. The Morgan fingerprint density at radius 1 is 1.24 bits per heavy atom. The van der Waals surface area contributed by atoms with Crippen molar-refractivity contribution >= 4 is 17.9 Å². The molecule has 0 aliphatic rings. The normalized spacial score (nSPS) is 10.9. The predicted molar refractivity (Wildman–Crippen MR) is 88.9 cm³/mol. The van der Waals surface area contributed by atoms with Gasteiger partial charge in [0.15, 0.2) is 11.5 Å². The standard InChI is InChI=1S/C17H16F2N2O4/c1-2-24-15-9-11(3-8-14(15)25-17(18)19)10-20-21-13-6-4-12(5-7-13)16(22)23/h3-10,17,21H,2H2,1H3,(H,22,23)/b20-10-. The minimum absolute atomic E-state index is 0.0498. The summed E-state index contributed by atoms with van der Waals surface area (Å²) in [6, 6.07) is 10.5. The van der Waals surface area contributed by atoms with Crippen molar-refractivity contribution in [1.82, 2.24) is 0 Å². The second-order valence-electron chi connectivity index (χ2n) is 4.77. The molecule has 0 fully saturated rings. The Morgan fingerprint density at radius 2 is 1.96 bits per heavy atom. The summed E-state index contributed by atoms with van der Waals surface area (Å²) in [6.45, 7) is -0.905. The van der Waals surface area contributed by atoms with Gasteiger partial charge >= 0.3 is 12.6 Å². The molecule has 2 aromatic rings. The first-order valence-corrected chi connectivity index (χ1v) is 7.33. The second kappa shape index (κ2) is 8.62. The number of nitrogens with zero attached hydrogens (tertiary/aromatic N) is 1. The van der Waals surface area contributed by atoms with E-state index in [0.29, 0.717) is 17.9 Å². The first-order chi connectivity index (χ1) is 12.0. The van der Waals surface area contributed by atoms with Crippen molar-refractivity contribution in [3.05, 3.63) is 53.6 Å². The number of rotatable bonds is 8. The molecule has 0 aliphatic heterocycles. The highest BCUT2D eigenvalue weighted by Crippen LogP contribution is 2.29. The number of carboxylic acid groups (broad SMARTS) is 1. The number of aromatic carboxylic acids is 1. The average Bonchev–Trinajstić information content (AvgIpc) is 2.57. The van der Waals surface area contributed by atoms with Crippen molar-refractivity contribution in [2.24, 2.45) is 5.10 Å². The van der Waals surface area contributed by atoms with Gasteiger partial charge in [0, 0.05) is 0 Å². The topological polar surface area (TPSA) is 80.2 Å². The average molecular weight is 350 g/mol. The first kappa shape index (κ1) is 18.2. The number of ether oxygens (including phenoxy) is 2. The molecule has 6 nitrogen and oxygen atoms in total. The van der Waals surface area contributed by atoms with E-state index < -0.39 is 12.6 Å². The number of hydrazone groups is 1. The number of hydrogen-bond donors (Lipinski definition) is 2. The summed E-state index contributed by atoms with van der Waals surface area (Å²) < 4.78 is 34.4. The minimum atomic E-state index is -2.94. The third-order valence-electron chi connectivity index (χ3n) is 3.02. The van der Waals surface area contributed by atoms with Gasteiger partial charge in [-0.05, 0) is 55.0 Å². The molecule has 0 heterocycles. The lowest BCUT2D eigenvalue weighted by Crippen LogP contribution is -2.05. The van der Waals surface area contributed by atoms with E-state index in [1.165, 1.54) is 30.5 Å². The van der Waals surface area contributed by atoms with Crippen molar-refractivity contribution in [3.63, 3.8) is 0 Å². The Morgan fingerprint density at radius 3 is 2.56 bits per heavy atom. The summed E-state index contributed by atoms with van der Waals surface area (Å²) in [5.41, 5.74) is 4.13. The van der Waals surface area contributed by atoms with Gasteiger partial charge in [0.2, 0.25) is 0 Å². The fraction of sp³-hybridized carbons (Fsp3) is 0.176. The Hall–Kier alpha value is -3.16. The van der Waals surface area contributed by atoms with Crippen LogP contribution < -0.4 is 14.9 Å². The molecule has 132 valence electrons. The lowest BCUT2D eigenvalue weighted by molar-refractivity contribution is -0.0514. The second-order valence-corrected chi connectivity index (χ2v) is 4.77. The number of benzene rings is 2. The SMILES string of the molecule is CCOc1cc(/C=N\Nc2ccc(C(=O)O)cc2)ccc1OC(F)F. The van der Waals surface area contributed by atoms with Crippen molar-refractivity contribution in [2.45, 2.75) is 13.5 Å². The molecule has 0 saturated heterocycles. The molecule has 0 amide bonds. The van der Waals surface area contributed by atoms with E-state index in [1.54, 1.807) is 25.1 Å². The van der Waals surface area contributed by atoms with Crippen LogP contribution >= 0.6 is 0 Å². The maximum atomic E-state index is 12.4. The molecule has 2 aromatic carbocycles. The van der Waals surface area contributed by atoms with Gasteiger partial charge in [-0.2, -0.15) is 13.9 Å². The fourth-order valence-electron chi connectivity index (χ4n) is 1.94. The summed E-state index contributed by atoms with van der Waals surface area (Å²) in [5, 5.41) is 12.8. The van der Waals surface area contributed by atoms with Gasteiger partial charge in [-0.25, -0.2) is 4.79 Å². The zero-order chi connectivity index (χ0) is 18.2. The van der Waals surface area contributed by atoms with E-state index in [0.717, 1.165) is 0 Å². The Labute approximate surface area is 142 Å². The molecule has 0 radical (unpaired) electrons. The smallest absolute Gasteiger partial charge is 0.387 e. The van der Waals surface area contributed by atoms with Crippen LogP contribution in [0.2, 0.25) is 0 Å². The molecule has 0 atom stereocenters. The number of anilines is 1. The van der Waals surface area contributed by atoms with Crippen molar-refractivity contribution in [3.8, 4) is 11.5 Å². The number of carbonyl (C=O) groups is 1. The first-order valence-electron chi connectivity index (χ1n) is 7.33. The lowest BCUT2D eigenvalue weighted by atomic mass is 10.2. The van der Waals surface area contributed by atoms with Gasteiger partial charge in [0.25, 0.3) is 0 Å². The third kappa shape index (κ3) is 5.45. The third-order valence-corrected chi connectivity index (χ3v) is 3.02. The fourth-order valence-corrected chi connectivity index (χ4v) is 1.94. The number of hydrogen-bond acceptors (Lipinski definition) is 5. The highest BCUT2D eigenvalue weighted by atomic mass is 19.3. The molecule has 0 aliphatic carbocycles. The molecule has 0 unspecified atom stereocenters. The molecule has 2 rings (SSSR count). The number of nitrogens with one attached hydrogen (secondary N) is 1. The van der Waals surface area contributed by atoms with Crippen LogP contribution in [0.1, 0.15) is 22.8 Å². The number of carboxylic acids is 1. The minimum Gasteiger partial charge on any atom is -0.490 e. The summed E-state index contributed by atoms with van der Waals surface area (Å²) in [5.74, 6) is -0.867. The molecule has 0 aromatic heterocycles. The highest BCUT2D eigenvalue weighted by Gasteiger charge is 2.11. The summed E-state index contributed by atoms with van der Waals surface area (Å²) in [6.07, 6.45) is 1.47. The molecule has 0 spiro atoms. The largest absolute Gasteiger partial charge is 0.490 e. The van der Waals surface area contributed by atoms with Crippen LogP contribution in [0.5, 0.6) is 11.5 Å². The monoisotopic (exact) mass is 350 g/mol. The van der Waals surface area contributed by atoms with Crippen molar-refractivity contribution < 1.29 is 28.2 Å². The van der Waals surface area contributed by atoms with Crippen LogP contribution in [0, 0.1) is 0 Å². The van der Waals surface area contributed by atoms with Crippen molar-refractivity contribution in [1.29, 1.82) is 0 Å². The van der Waals surface area contributed by atoms with E-state index in [1.807, 2.05) is 0 Å². The van der Waals surface area contributed by atoms with Crippen LogP contribution in [0.25, 0.3) is 0 Å². The lowest BCUT2D eigenvalue weighted by Gasteiger charge is -2.11. The Balaban J connectivity index is 2.06. The predicted octanol–water partition coefficient (Wildman–Crippen LogP) is 3.83. The maximum Gasteiger partial charge on any atom is 0.387 e. The van der Waals surface area contributed by atoms with Crippen LogP contribution in [0.4, 0.5) is 14.5 Å². The Kier molecular flexibility index (Phi) is 6.27. The maximum absolute atomic E-state index is 12.4. The molecule has 8 heteroatoms. The molecule has 2 N–H and O–H groups in total. The summed E-state index contributed by atoms with van der Waals surface area (Å²) in [4.78, 5) is 10.8. The van der Waals surface area contributed by atoms with Crippen LogP contribution in [-0.2, 0) is 0 Å². The van der Waals surface area contributed by atoms with E-state index in [2.05, 4.69) is 15.3 Å². The Bertz CT molecular complexity index is 749. The van der Waals surface area contributed by atoms with E-state index in [9.17, 15) is 13.6 Å². The summed E-state index contributed by atoms with van der Waals surface area (Å²) in [7, 11) is 0. The molecule has 0 bridgehead atoms. The number of halogens is 2. The van der Waals surface area contributed by atoms with Gasteiger partial charge in [-0.3, -0.25) is 5.43 Å². The number of alkyl halides is 2. The quantitative estimate of drug-likeness (QED) is 0.559. The zero-order valence-corrected chi connectivity index (χ0v) is 13.3. The van der Waals surface area contributed by atoms with Crippen LogP contribution in [0.3, 0.4) is 0 Å². The van der Waals surface area contributed by atoms with Gasteiger partial charge in [-0.1, -0.05) is 0 Å². The zero-order valence-electron chi connectivity index (χ0n) is 13.3. The van der Waals surface area contributed by atoms with Gasteiger partial charge in [0.05, 0.1) is 24.1 Å². The molecule has 25 heavy (non-hydrogen) atoms. The van der Waals surface area contributed by atoms with E-state index >= 15 is 0 Å². The van der Waals surface area contributed by atoms with Crippen LogP contribution in [-0.4, -0.2) is 30.5 Å². The highest BCUT2D eigenvalue weighted by molar-refractivity contribution is 5.88. The van der Waals surface area contributed by atoms with Gasteiger partial charge < -0.3 is 14.6 Å². The van der Waals surface area contributed by atoms with E-state index in [4.69, 9.17) is 9.84 Å². The molecule has 0 saturated carbocycles. The molecular formula is C17H16F2N2O4.